The first-order chi connectivity index (χ1) is 7.18. The monoisotopic (exact) mass is 231 g/mol. The molecule has 0 fully saturated rings. The molecule has 0 unspecified atom stereocenters. The van der Waals surface area contributed by atoms with Crippen molar-refractivity contribution in [2.75, 3.05) is 6.61 Å². The van der Waals surface area contributed by atoms with Gasteiger partial charge in [0.2, 0.25) is 0 Å². The number of hydrogen-bond acceptors (Lipinski definition) is 4. The molecule has 0 spiro atoms. The maximum absolute atomic E-state index is 11.4. The lowest BCUT2D eigenvalue weighted by molar-refractivity contribution is -0.158. The fourth-order valence-corrected chi connectivity index (χ4v) is 1.02. The molecule has 0 saturated heterocycles. The summed E-state index contributed by atoms with van der Waals surface area (Å²) in [6.45, 7) is 8.70. The van der Waals surface area contributed by atoms with Crippen LogP contribution in [0.4, 0.5) is 0 Å². The van der Waals surface area contributed by atoms with Crippen LogP contribution < -0.4 is 5.32 Å². The van der Waals surface area contributed by atoms with Crippen molar-refractivity contribution in [3.05, 3.63) is 0 Å². The predicted octanol–water partition coefficient (Wildman–Crippen LogP) is 0.461. The standard InChI is InChI=1S/C11H21NO4/c1-7(2)16-10(15)9(14)12-8(6-13)11(3,4)5/h7-8,13H,6H2,1-5H3,(H,12,14)/t8-/m1/s1. The molecule has 0 aliphatic carbocycles. The lowest BCUT2D eigenvalue weighted by Crippen LogP contribution is -2.49. The number of aliphatic hydroxyl groups is 1. The predicted molar refractivity (Wildman–Crippen MR) is 59.7 cm³/mol. The number of esters is 1. The first-order valence-corrected chi connectivity index (χ1v) is 5.30. The molecule has 0 aromatic carbocycles. The Labute approximate surface area is 96.2 Å². The van der Waals surface area contributed by atoms with E-state index in [1.54, 1.807) is 13.8 Å². The van der Waals surface area contributed by atoms with Crippen LogP contribution in [0.15, 0.2) is 0 Å². The quantitative estimate of drug-likeness (QED) is 0.546. The molecule has 2 N–H and O–H groups in total. The van der Waals surface area contributed by atoms with E-state index in [-0.39, 0.29) is 18.1 Å². The van der Waals surface area contributed by atoms with E-state index in [2.05, 4.69) is 5.32 Å². The van der Waals surface area contributed by atoms with Crippen LogP contribution in [0, 0.1) is 5.41 Å². The van der Waals surface area contributed by atoms with Gasteiger partial charge in [-0.25, -0.2) is 4.79 Å². The van der Waals surface area contributed by atoms with E-state index in [0.717, 1.165) is 0 Å². The third-order valence-corrected chi connectivity index (χ3v) is 2.06. The van der Waals surface area contributed by atoms with Crippen molar-refractivity contribution in [1.29, 1.82) is 0 Å². The molecule has 0 aliphatic rings. The zero-order valence-electron chi connectivity index (χ0n) is 10.5. The largest absolute Gasteiger partial charge is 0.456 e. The van der Waals surface area contributed by atoms with Crippen LogP contribution in [0.3, 0.4) is 0 Å². The molecule has 16 heavy (non-hydrogen) atoms. The van der Waals surface area contributed by atoms with E-state index >= 15 is 0 Å². The fraction of sp³-hybridized carbons (Fsp3) is 0.818. The van der Waals surface area contributed by atoms with Gasteiger partial charge in [0, 0.05) is 0 Å². The molecule has 94 valence electrons. The molecule has 5 heteroatoms. The summed E-state index contributed by atoms with van der Waals surface area (Å²) in [5.74, 6) is -1.74. The third kappa shape index (κ3) is 5.11. The van der Waals surface area contributed by atoms with Crippen molar-refractivity contribution < 1.29 is 19.4 Å². The van der Waals surface area contributed by atoms with Crippen LogP contribution in [0.1, 0.15) is 34.6 Å². The Bertz CT molecular complexity index is 255. The fourth-order valence-electron chi connectivity index (χ4n) is 1.02. The van der Waals surface area contributed by atoms with Crippen molar-refractivity contribution in [2.24, 2.45) is 5.41 Å². The number of aliphatic hydroxyl groups excluding tert-OH is 1. The van der Waals surface area contributed by atoms with Crippen LogP contribution in [0.2, 0.25) is 0 Å². The lowest BCUT2D eigenvalue weighted by atomic mass is 9.87. The molecule has 0 bridgehead atoms. The van der Waals surface area contributed by atoms with E-state index in [4.69, 9.17) is 9.84 Å². The minimum atomic E-state index is -0.919. The summed E-state index contributed by atoms with van der Waals surface area (Å²) in [4.78, 5) is 22.6. The van der Waals surface area contributed by atoms with Crippen molar-refractivity contribution in [3.63, 3.8) is 0 Å². The van der Waals surface area contributed by atoms with Crippen LogP contribution in [-0.4, -0.2) is 35.7 Å². The highest BCUT2D eigenvalue weighted by Gasteiger charge is 2.28. The van der Waals surface area contributed by atoms with Gasteiger partial charge >= 0.3 is 11.9 Å². The number of nitrogens with one attached hydrogen (secondary N) is 1. The molecule has 0 aromatic heterocycles. The maximum atomic E-state index is 11.4. The summed E-state index contributed by atoms with van der Waals surface area (Å²) in [5, 5.41) is 11.6. The van der Waals surface area contributed by atoms with Crippen LogP contribution in [0.25, 0.3) is 0 Å². The normalized spacial score (nSPS) is 13.4. The van der Waals surface area contributed by atoms with Gasteiger partial charge in [0.1, 0.15) is 0 Å². The molecule has 0 rings (SSSR count). The topological polar surface area (TPSA) is 75.6 Å². The van der Waals surface area contributed by atoms with Gasteiger partial charge in [0.05, 0.1) is 18.8 Å². The zero-order valence-corrected chi connectivity index (χ0v) is 10.5. The molecule has 0 aliphatic heterocycles. The first kappa shape index (κ1) is 14.9. The second-order valence-electron chi connectivity index (χ2n) is 5.03. The highest BCUT2D eigenvalue weighted by atomic mass is 16.5. The molecular weight excluding hydrogens is 210 g/mol. The van der Waals surface area contributed by atoms with Gasteiger partial charge in [-0.15, -0.1) is 0 Å². The summed E-state index contributed by atoms with van der Waals surface area (Å²) in [7, 11) is 0. The van der Waals surface area contributed by atoms with Crippen molar-refractivity contribution in [2.45, 2.75) is 46.8 Å². The van der Waals surface area contributed by atoms with E-state index in [0.29, 0.717) is 0 Å². The Balaban J connectivity index is 4.37. The summed E-state index contributed by atoms with van der Waals surface area (Å²) >= 11 is 0. The number of amides is 1. The maximum Gasteiger partial charge on any atom is 0.397 e. The summed E-state index contributed by atoms with van der Waals surface area (Å²) in [6.07, 6.45) is -0.333. The number of hydrogen-bond donors (Lipinski definition) is 2. The van der Waals surface area contributed by atoms with E-state index < -0.39 is 17.9 Å². The molecule has 5 nitrogen and oxygen atoms in total. The number of carbonyl (C=O) groups excluding carboxylic acids is 2. The van der Waals surface area contributed by atoms with Crippen LogP contribution in [-0.2, 0) is 14.3 Å². The number of rotatable bonds is 3. The summed E-state index contributed by atoms with van der Waals surface area (Å²) < 4.78 is 4.74. The van der Waals surface area contributed by atoms with Crippen molar-refractivity contribution >= 4 is 11.9 Å². The van der Waals surface area contributed by atoms with Crippen LogP contribution in [0.5, 0.6) is 0 Å². The average Bonchev–Trinajstić information content (AvgIpc) is 2.10. The van der Waals surface area contributed by atoms with Gasteiger partial charge in [-0.3, -0.25) is 4.79 Å². The van der Waals surface area contributed by atoms with Crippen molar-refractivity contribution in [3.8, 4) is 0 Å². The Kier molecular flexibility index (Phi) is 5.44. The van der Waals surface area contributed by atoms with Gasteiger partial charge in [-0.2, -0.15) is 0 Å². The molecule has 0 aromatic rings. The van der Waals surface area contributed by atoms with Crippen molar-refractivity contribution in [1.82, 2.24) is 5.32 Å². The first-order valence-electron chi connectivity index (χ1n) is 5.30. The summed E-state index contributed by atoms with van der Waals surface area (Å²) in [5.41, 5.74) is -0.317. The lowest BCUT2D eigenvalue weighted by Gasteiger charge is -2.29. The SMILES string of the molecule is CC(C)OC(=O)C(=O)N[C@H](CO)C(C)(C)C. The molecule has 0 heterocycles. The van der Waals surface area contributed by atoms with Gasteiger partial charge in [-0.1, -0.05) is 20.8 Å². The Morgan fingerprint density at radius 2 is 1.81 bits per heavy atom. The zero-order chi connectivity index (χ0) is 12.9. The minimum absolute atomic E-state index is 0.218. The Morgan fingerprint density at radius 3 is 2.12 bits per heavy atom. The number of ether oxygens (including phenoxy) is 1. The van der Waals surface area contributed by atoms with E-state index in [9.17, 15) is 9.59 Å². The highest BCUT2D eigenvalue weighted by molar-refractivity contribution is 6.32. The molecule has 0 saturated carbocycles. The molecule has 0 radical (unpaired) electrons. The number of carbonyl (C=O) groups is 2. The molecule has 1 atom stereocenters. The van der Waals surface area contributed by atoms with E-state index in [1.165, 1.54) is 0 Å². The average molecular weight is 231 g/mol. The van der Waals surface area contributed by atoms with Crippen LogP contribution >= 0.6 is 0 Å². The second-order valence-corrected chi connectivity index (χ2v) is 5.03. The minimum Gasteiger partial charge on any atom is -0.456 e. The van der Waals surface area contributed by atoms with Gasteiger partial charge in [0.15, 0.2) is 0 Å². The molecular formula is C11H21NO4. The second kappa shape index (κ2) is 5.84. The highest BCUT2D eigenvalue weighted by Crippen LogP contribution is 2.18. The van der Waals surface area contributed by atoms with E-state index in [1.807, 2.05) is 20.8 Å². The van der Waals surface area contributed by atoms with Gasteiger partial charge < -0.3 is 15.2 Å². The summed E-state index contributed by atoms with van der Waals surface area (Å²) in [6, 6.07) is -0.472. The van der Waals surface area contributed by atoms with Gasteiger partial charge in [-0.05, 0) is 19.3 Å². The molecule has 1 amide bonds. The Morgan fingerprint density at radius 1 is 1.31 bits per heavy atom. The van der Waals surface area contributed by atoms with Gasteiger partial charge in [0.25, 0.3) is 0 Å². The Hall–Kier alpha value is -1.10. The third-order valence-electron chi connectivity index (χ3n) is 2.06. The smallest absolute Gasteiger partial charge is 0.397 e.